The Hall–Kier alpha value is -2.67. The lowest BCUT2D eigenvalue weighted by molar-refractivity contribution is 0.949. The summed E-state index contributed by atoms with van der Waals surface area (Å²) in [7, 11) is 2.13. The van der Waals surface area contributed by atoms with Crippen LogP contribution in [0.4, 0.5) is 22.7 Å². The fourth-order valence-corrected chi connectivity index (χ4v) is 4.10. The van der Waals surface area contributed by atoms with Gasteiger partial charge in [0.15, 0.2) is 0 Å². The van der Waals surface area contributed by atoms with Gasteiger partial charge in [0, 0.05) is 44.6 Å². The molecule has 134 valence electrons. The highest BCUT2D eigenvalue weighted by atomic mass is 15.2. The second kappa shape index (κ2) is 7.29. The average Bonchev–Trinajstić information content (AvgIpc) is 3.41. The topological polar surface area (TPSA) is 33.5 Å². The maximum atomic E-state index is 9.32. The van der Waals surface area contributed by atoms with E-state index in [1.807, 2.05) is 12.1 Å². The van der Waals surface area contributed by atoms with E-state index in [0.29, 0.717) is 0 Å². The van der Waals surface area contributed by atoms with E-state index in [9.17, 15) is 5.26 Å². The minimum atomic E-state index is 0.731. The van der Waals surface area contributed by atoms with Gasteiger partial charge in [0.2, 0.25) is 0 Å². The summed E-state index contributed by atoms with van der Waals surface area (Å²) in [6.45, 7) is 4.46. The van der Waals surface area contributed by atoms with Crippen LogP contribution in [-0.2, 0) is 0 Å². The molecule has 4 rings (SSSR count). The molecule has 2 fully saturated rings. The first kappa shape index (κ1) is 16.8. The molecule has 2 saturated heterocycles. The highest BCUT2D eigenvalue weighted by Gasteiger charge is 2.20. The molecule has 4 heteroatoms. The van der Waals surface area contributed by atoms with Crippen LogP contribution in [0.25, 0.3) is 0 Å². The molecule has 0 amide bonds. The maximum absolute atomic E-state index is 9.32. The molecule has 2 aliphatic rings. The van der Waals surface area contributed by atoms with Crippen LogP contribution in [0.1, 0.15) is 31.2 Å². The molecule has 0 radical (unpaired) electrons. The number of hydrogen-bond donors (Lipinski definition) is 0. The van der Waals surface area contributed by atoms with E-state index in [1.165, 1.54) is 48.4 Å². The molecule has 0 saturated carbocycles. The summed E-state index contributed by atoms with van der Waals surface area (Å²) in [5.74, 6) is 0. The van der Waals surface area contributed by atoms with Gasteiger partial charge in [0.05, 0.1) is 23.0 Å². The first-order chi connectivity index (χ1) is 12.8. The molecule has 0 aliphatic carbocycles. The third-order valence-corrected chi connectivity index (χ3v) is 5.60. The second-order valence-electron chi connectivity index (χ2n) is 7.28. The molecule has 2 aromatic rings. The minimum absolute atomic E-state index is 0.731. The van der Waals surface area contributed by atoms with Crippen molar-refractivity contribution in [2.24, 2.45) is 0 Å². The molecule has 2 heterocycles. The Morgan fingerprint density at radius 1 is 0.885 bits per heavy atom. The lowest BCUT2D eigenvalue weighted by atomic mass is 10.1. The molecule has 26 heavy (non-hydrogen) atoms. The lowest BCUT2D eigenvalue weighted by Gasteiger charge is -2.29. The molecule has 2 aliphatic heterocycles. The first-order valence-corrected chi connectivity index (χ1v) is 9.64. The number of hydrogen-bond acceptors (Lipinski definition) is 4. The van der Waals surface area contributed by atoms with Crippen molar-refractivity contribution in [2.75, 3.05) is 47.9 Å². The molecule has 0 atom stereocenters. The zero-order valence-electron chi connectivity index (χ0n) is 15.5. The Bertz CT molecular complexity index is 811. The van der Waals surface area contributed by atoms with E-state index >= 15 is 0 Å². The average molecular weight is 346 g/mol. The van der Waals surface area contributed by atoms with Crippen LogP contribution in [0.2, 0.25) is 0 Å². The summed E-state index contributed by atoms with van der Waals surface area (Å²) in [5, 5.41) is 9.32. The van der Waals surface area contributed by atoms with Crippen LogP contribution >= 0.6 is 0 Å². The van der Waals surface area contributed by atoms with Crippen molar-refractivity contribution in [1.29, 1.82) is 5.26 Å². The molecule has 0 aromatic heterocycles. The molecule has 0 bridgehead atoms. The van der Waals surface area contributed by atoms with Gasteiger partial charge in [-0.1, -0.05) is 6.07 Å². The van der Waals surface area contributed by atoms with Crippen LogP contribution in [0.3, 0.4) is 0 Å². The zero-order chi connectivity index (χ0) is 17.9. The number of nitrogens with zero attached hydrogens (tertiary/aromatic N) is 4. The summed E-state index contributed by atoms with van der Waals surface area (Å²) in [4.78, 5) is 7.14. The summed E-state index contributed by atoms with van der Waals surface area (Å²) in [5.41, 5.74) is 5.58. The van der Waals surface area contributed by atoms with Gasteiger partial charge in [0.25, 0.3) is 0 Å². The van der Waals surface area contributed by atoms with E-state index in [-0.39, 0.29) is 0 Å². The minimum Gasteiger partial charge on any atom is -0.371 e. The summed E-state index contributed by atoms with van der Waals surface area (Å²) in [6, 6.07) is 17.2. The molecule has 0 unspecified atom stereocenters. The van der Waals surface area contributed by atoms with Gasteiger partial charge in [-0.15, -0.1) is 0 Å². The Kier molecular flexibility index (Phi) is 4.71. The van der Waals surface area contributed by atoms with E-state index in [4.69, 9.17) is 0 Å². The van der Waals surface area contributed by atoms with E-state index in [1.54, 1.807) is 0 Å². The summed E-state index contributed by atoms with van der Waals surface area (Å²) >= 11 is 0. The molecule has 0 N–H and O–H groups in total. The van der Waals surface area contributed by atoms with Crippen LogP contribution in [0.15, 0.2) is 42.5 Å². The van der Waals surface area contributed by atoms with Gasteiger partial charge in [0.1, 0.15) is 0 Å². The predicted octanol–water partition coefficient (Wildman–Crippen LogP) is 4.53. The molecular weight excluding hydrogens is 320 g/mol. The van der Waals surface area contributed by atoms with Crippen LogP contribution in [0.5, 0.6) is 0 Å². The Morgan fingerprint density at radius 2 is 1.58 bits per heavy atom. The normalized spacial score (nSPS) is 16.8. The Labute approximate surface area is 156 Å². The maximum Gasteiger partial charge on any atom is 0.0992 e. The van der Waals surface area contributed by atoms with E-state index in [0.717, 1.165) is 31.7 Å². The highest BCUT2D eigenvalue weighted by molar-refractivity contribution is 5.79. The number of nitriles is 1. The SMILES string of the molecule is CN(c1cccc(N2CCCC2)c1)c1ccc(C#N)cc1N1CCCC1. The van der Waals surface area contributed by atoms with Crippen molar-refractivity contribution in [2.45, 2.75) is 25.7 Å². The van der Waals surface area contributed by atoms with Crippen molar-refractivity contribution >= 4 is 22.7 Å². The van der Waals surface area contributed by atoms with E-state index in [2.05, 4.69) is 58.1 Å². The number of benzene rings is 2. The van der Waals surface area contributed by atoms with Gasteiger partial charge in [-0.2, -0.15) is 5.26 Å². The summed E-state index contributed by atoms with van der Waals surface area (Å²) < 4.78 is 0. The van der Waals surface area contributed by atoms with Crippen molar-refractivity contribution in [1.82, 2.24) is 0 Å². The quantitative estimate of drug-likeness (QED) is 0.815. The fourth-order valence-electron chi connectivity index (χ4n) is 4.10. The standard InChI is InChI=1S/C22H26N4/c1-24(19-7-6-8-20(16-19)25-11-2-3-12-25)21-10-9-18(17-23)15-22(21)26-13-4-5-14-26/h6-10,15-16H,2-5,11-14H2,1H3. The van der Waals surface area contributed by atoms with Gasteiger partial charge in [-0.25, -0.2) is 0 Å². The van der Waals surface area contributed by atoms with Crippen LogP contribution < -0.4 is 14.7 Å². The third kappa shape index (κ3) is 3.22. The first-order valence-electron chi connectivity index (χ1n) is 9.64. The molecule has 4 nitrogen and oxygen atoms in total. The Balaban J connectivity index is 1.68. The third-order valence-electron chi connectivity index (χ3n) is 5.60. The summed E-state index contributed by atoms with van der Waals surface area (Å²) in [6.07, 6.45) is 5.03. The second-order valence-corrected chi connectivity index (χ2v) is 7.28. The van der Waals surface area contributed by atoms with Crippen molar-refractivity contribution in [3.8, 4) is 6.07 Å². The van der Waals surface area contributed by atoms with Crippen molar-refractivity contribution in [3.05, 3.63) is 48.0 Å². The van der Waals surface area contributed by atoms with Gasteiger partial charge in [-0.05, 0) is 62.1 Å². The molecular formula is C22H26N4. The number of anilines is 4. The predicted molar refractivity (Wildman–Crippen MR) is 109 cm³/mol. The van der Waals surface area contributed by atoms with Gasteiger partial charge in [-0.3, -0.25) is 0 Å². The lowest BCUT2D eigenvalue weighted by Crippen LogP contribution is -2.22. The van der Waals surface area contributed by atoms with E-state index < -0.39 is 0 Å². The van der Waals surface area contributed by atoms with Crippen LogP contribution in [-0.4, -0.2) is 33.2 Å². The smallest absolute Gasteiger partial charge is 0.0992 e. The largest absolute Gasteiger partial charge is 0.371 e. The van der Waals surface area contributed by atoms with Gasteiger partial charge < -0.3 is 14.7 Å². The monoisotopic (exact) mass is 346 g/mol. The Morgan fingerprint density at radius 3 is 2.27 bits per heavy atom. The van der Waals surface area contributed by atoms with Crippen molar-refractivity contribution in [3.63, 3.8) is 0 Å². The van der Waals surface area contributed by atoms with Crippen molar-refractivity contribution < 1.29 is 0 Å². The number of rotatable bonds is 4. The molecule has 0 spiro atoms. The highest BCUT2D eigenvalue weighted by Crippen LogP contribution is 2.37. The fraction of sp³-hybridized carbons (Fsp3) is 0.409. The van der Waals surface area contributed by atoms with Gasteiger partial charge >= 0.3 is 0 Å². The molecule has 2 aromatic carbocycles. The zero-order valence-corrected chi connectivity index (χ0v) is 15.5. The van der Waals surface area contributed by atoms with Crippen LogP contribution in [0, 0.1) is 11.3 Å².